The van der Waals surface area contributed by atoms with E-state index in [0.29, 0.717) is 0 Å². The molecule has 1 N–H and O–H groups in total. The maximum atomic E-state index is 3.44. The van der Waals surface area contributed by atoms with Crippen molar-refractivity contribution in [2.24, 2.45) is 0 Å². The molecule has 64 valence electrons. The van der Waals surface area contributed by atoms with Crippen molar-refractivity contribution in [3.63, 3.8) is 0 Å². The number of rotatable bonds is 2. The van der Waals surface area contributed by atoms with Crippen molar-refractivity contribution in [3.05, 3.63) is 0 Å². The van der Waals surface area contributed by atoms with E-state index < -0.39 is 0 Å². The highest BCUT2D eigenvalue weighted by molar-refractivity contribution is 4.65. The summed E-state index contributed by atoms with van der Waals surface area (Å²) in [5.74, 6) is 0. The van der Waals surface area contributed by atoms with Gasteiger partial charge in [-0.15, -0.1) is 0 Å². The summed E-state index contributed by atoms with van der Waals surface area (Å²) >= 11 is 0. The minimum atomic E-state index is 1.23. The van der Waals surface area contributed by atoms with Gasteiger partial charge in [0.25, 0.3) is 0 Å². The van der Waals surface area contributed by atoms with E-state index in [1.807, 2.05) is 0 Å². The highest BCUT2D eigenvalue weighted by Crippen LogP contribution is 2.08. The van der Waals surface area contributed by atoms with E-state index >= 15 is 0 Å². The second kappa shape index (κ2) is 3.52. The van der Waals surface area contributed by atoms with Crippen LogP contribution in [0.5, 0.6) is 0 Å². The van der Waals surface area contributed by atoms with Gasteiger partial charge in [0.05, 0.1) is 0 Å². The van der Waals surface area contributed by atoms with Crippen molar-refractivity contribution in [1.82, 2.24) is 15.6 Å². The van der Waals surface area contributed by atoms with Crippen LogP contribution >= 0.6 is 0 Å². The van der Waals surface area contributed by atoms with Gasteiger partial charge in [-0.25, -0.2) is 10.0 Å². The summed E-state index contributed by atoms with van der Waals surface area (Å²) in [5.41, 5.74) is 3.44. The van der Waals surface area contributed by atoms with Gasteiger partial charge in [-0.05, 0) is 25.7 Å². The number of nitrogens with zero attached hydrogens (tertiary/aromatic N) is 2. The van der Waals surface area contributed by atoms with Crippen molar-refractivity contribution in [3.8, 4) is 0 Å². The Morgan fingerprint density at radius 1 is 0.636 bits per heavy atom. The minimum Gasteiger partial charge on any atom is -0.231 e. The third kappa shape index (κ3) is 1.92. The van der Waals surface area contributed by atoms with Crippen molar-refractivity contribution in [2.75, 3.05) is 26.2 Å². The standard InChI is InChI=1S/C8H17N3/c1-2-6-10(5-1)9-11-7-3-4-8-11/h9H,1-8H2. The molecule has 2 fully saturated rings. The molecule has 2 aliphatic rings. The van der Waals surface area contributed by atoms with Gasteiger partial charge < -0.3 is 0 Å². The van der Waals surface area contributed by atoms with Crippen LogP contribution in [-0.2, 0) is 0 Å². The SMILES string of the molecule is C1CCN(NN2CCCC2)C1. The summed E-state index contributed by atoms with van der Waals surface area (Å²) in [7, 11) is 0. The van der Waals surface area contributed by atoms with Crippen LogP contribution in [0.25, 0.3) is 0 Å². The lowest BCUT2D eigenvalue weighted by atomic mass is 10.4. The van der Waals surface area contributed by atoms with Crippen LogP contribution in [0.4, 0.5) is 0 Å². The fourth-order valence-electron chi connectivity index (χ4n) is 1.83. The molecule has 3 nitrogen and oxygen atoms in total. The van der Waals surface area contributed by atoms with Crippen molar-refractivity contribution in [1.29, 1.82) is 0 Å². The Bertz CT molecular complexity index is 101. The lowest BCUT2D eigenvalue weighted by Crippen LogP contribution is -2.46. The van der Waals surface area contributed by atoms with Gasteiger partial charge in [0.1, 0.15) is 0 Å². The molecule has 0 aromatic heterocycles. The monoisotopic (exact) mass is 155 g/mol. The molecule has 0 spiro atoms. The molecule has 0 aromatic rings. The summed E-state index contributed by atoms with van der Waals surface area (Å²) < 4.78 is 0. The van der Waals surface area contributed by atoms with E-state index in [0.717, 1.165) is 0 Å². The Kier molecular flexibility index (Phi) is 2.41. The van der Waals surface area contributed by atoms with Crippen molar-refractivity contribution in [2.45, 2.75) is 25.7 Å². The largest absolute Gasteiger partial charge is 0.231 e. The average molecular weight is 155 g/mol. The number of hydrazine groups is 2. The smallest absolute Gasteiger partial charge is 0.0144 e. The average Bonchev–Trinajstić information content (AvgIpc) is 2.60. The molecule has 0 unspecified atom stereocenters. The summed E-state index contributed by atoms with van der Waals surface area (Å²) in [4.78, 5) is 0. The van der Waals surface area contributed by atoms with Crippen LogP contribution in [0, 0.1) is 0 Å². The Morgan fingerprint density at radius 3 is 1.36 bits per heavy atom. The van der Waals surface area contributed by atoms with Gasteiger partial charge in [0.15, 0.2) is 0 Å². The first kappa shape index (κ1) is 7.53. The van der Waals surface area contributed by atoms with E-state index in [4.69, 9.17) is 0 Å². The van der Waals surface area contributed by atoms with E-state index in [-0.39, 0.29) is 0 Å². The van der Waals surface area contributed by atoms with E-state index in [9.17, 15) is 0 Å². The number of hydrogen-bond donors (Lipinski definition) is 1. The van der Waals surface area contributed by atoms with E-state index in [2.05, 4.69) is 15.6 Å². The molecule has 2 heterocycles. The van der Waals surface area contributed by atoms with Gasteiger partial charge in [-0.2, -0.15) is 5.53 Å². The van der Waals surface area contributed by atoms with Crippen LogP contribution in [0.3, 0.4) is 0 Å². The predicted octanol–water partition coefficient (Wildman–Crippen LogP) is 0.598. The molecule has 0 aromatic carbocycles. The Hall–Kier alpha value is -0.120. The number of hydrogen-bond acceptors (Lipinski definition) is 3. The zero-order chi connectivity index (χ0) is 7.52. The van der Waals surface area contributed by atoms with Gasteiger partial charge >= 0.3 is 0 Å². The Balaban J connectivity index is 1.71. The quantitative estimate of drug-likeness (QED) is 0.630. The maximum Gasteiger partial charge on any atom is 0.0144 e. The third-order valence-electron chi connectivity index (χ3n) is 2.49. The van der Waals surface area contributed by atoms with Gasteiger partial charge in [-0.3, -0.25) is 0 Å². The van der Waals surface area contributed by atoms with Crippen LogP contribution in [0.15, 0.2) is 0 Å². The Labute approximate surface area is 68.3 Å². The summed E-state index contributed by atoms with van der Waals surface area (Å²) in [6, 6.07) is 0. The van der Waals surface area contributed by atoms with E-state index in [1.165, 1.54) is 51.9 Å². The van der Waals surface area contributed by atoms with E-state index in [1.54, 1.807) is 0 Å². The van der Waals surface area contributed by atoms with Gasteiger partial charge in [0.2, 0.25) is 0 Å². The van der Waals surface area contributed by atoms with Crippen LogP contribution in [0.1, 0.15) is 25.7 Å². The van der Waals surface area contributed by atoms with Crippen LogP contribution < -0.4 is 5.53 Å². The topological polar surface area (TPSA) is 18.5 Å². The molecule has 2 saturated heterocycles. The minimum absolute atomic E-state index is 1.23. The fraction of sp³-hybridized carbons (Fsp3) is 1.00. The lowest BCUT2D eigenvalue weighted by molar-refractivity contribution is 0.0611. The molecule has 0 radical (unpaired) electrons. The number of nitrogens with one attached hydrogen (secondary N) is 1. The molecule has 0 saturated carbocycles. The second-order valence-electron chi connectivity index (χ2n) is 3.49. The zero-order valence-electron chi connectivity index (χ0n) is 7.05. The van der Waals surface area contributed by atoms with Crippen molar-refractivity contribution < 1.29 is 0 Å². The molecule has 2 rings (SSSR count). The highest BCUT2D eigenvalue weighted by atomic mass is 15.8. The molecule has 2 aliphatic heterocycles. The first-order valence-corrected chi connectivity index (χ1v) is 4.71. The lowest BCUT2D eigenvalue weighted by Gasteiger charge is -2.24. The summed E-state index contributed by atoms with van der Waals surface area (Å²) in [5, 5.41) is 4.68. The molecule has 11 heavy (non-hydrogen) atoms. The maximum absolute atomic E-state index is 3.44. The molecular weight excluding hydrogens is 138 g/mol. The molecule has 0 aliphatic carbocycles. The second-order valence-corrected chi connectivity index (χ2v) is 3.49. The van der Waals surface area contributed by atoms with Crippen LogP contribution in [-0.4, -0.2) is 36.2 Å². The fourth-order valence-corrected chi connectivity index (χ4v) is 1.83. The molecule has 0 bridgehead atoms. The summed E-state index contributed by atoms with van der Waals surface area (Å²) in [6.07, 6.45) is 5.45. The molecular formula is C8H17N3. The van der Waals surface area contributed by atoms with Crippen molar-refractivity contribution >= 4 is 0 Å². The van der Waals surface area contributed by atoms with Gasteiger partial charge in [-0.1, -0.05) is 0 Å². The van der Waals surface area contributed by atoms with Gasteiger partial charge in [0, 0.05) is 26.2 Å². The normalized spacial score (nSPS) is 28.4. The van der Waals surface area contributed by atoms with Crippen LogP contribution in [0.2, 0.25) is 0 Å². The highest BCUT2D eigenvalue weighted by Gasteiger charge is 2.16. The molecule has 0 atom stereocenters. The third-order valence-corrected chi connectivity index (χ3v) is 2.49. The zero-order valence-corrected chi connectivity index (χ0v) is 7.05. The first-order chi connectivity index (χ1) is 5.45. The summed E-state index contributed by atoms with van der Waals surface area (Å²) in [6.45, 7) is 4.93. The predicted molar refractivity (Wildman–Crippen MR) is 44.7 cm³/mol. The molecule has 0 amide bonds. The molecule has 3 heteroatoms. The Morgan fingerprint density at radius 2 is 1.00 bits per heavy atom. The first-order valence-electron chi connectivity index (χ1n) is 4.71.